The summed E-state index contributed by atoms with van der Waals surface area (Å²) in [5, 5.41) is 2.94. The fourth-order valence-electron chi connectivity index (χ4n) is 4.56. The predicted octanol–water partition coefficient (Wildman–Crippen LogP) is 2.22. The van der Waals surface area contributed by atoms with Gasteiger partial charge in [-0.15, -0.1) is 0 Å². The number of carbonyl (C=O) groups excluding carboxylic acids is 2. The van der Waals surface area contributed by atoms with Crippen LogP contribution in [0.4, 0.5) is 0 Å². The summed E-state index contributed by atoms with van der Waals surface area (Å²) in [6.45, 7) is 3.74. The molecular formula is C24H30N4O2. The number of aromatic nitrogens is 1. The van der Waals surface area contributed by atoms with Gasteiger partial charge in [-0.05, 0) is 48.4 Å². The first-order chi connectivity index (χ1) is 14.7. The summed E-state index contributed by atoms with van der Waals surface area (Å²) in [4.78, 5) is 33.7. The van der Waals surface area contributed by atoms with Gasteiger partial charge in [0.05, 0.1) is 12.5 Å². The molecule has 0 bridgehead atoms. The standard InChI is InChI=1S/C24H30N4O2/c29-23(28-15-9-21(10-16-28)20-6-11-25-12-7-20)18-22-24(30)26-13-17-27(22)14-8-19-4-2-1-3-5-19/h1-7,11-12,21-22H,8-10,13-18H2,(H,26,30)/t22-/m1/s1. The van der Waals surface area contributed by atoms with Crippen molar-refractivity contribution in [2.45, 2.75) is 37.6 Å². The molecule has 1 aromatic heterocycles. The largest absolute Gasteiger partial charge is 0.353 e. The van der Waals surface area contributed by atoms with Crippen LogP contribution in [0, 0.1) is 0 Å². The Morgan fingerprint density at radius 3 is 2.50 bits per heavy atom. The molecule has 1 aromatic carbocycles. The molecule has 2 aliphatic heterocycles. The SMILES string of the molecule is O=C1NCCN(CCc2ccccc2)[C@@H]1CC(=O)N1CCC(c2ccncc2)CC1. The van der Waals surface area contributed by atoms with Gasteiger partial charge in [0.1, 0.15) is 0 Å². The zero-order valence-corrected chi connectivity index (χ0v) is 17.4. The third-order valence-corrected chi connectivity index (χ3v) is 6.37. The lowest BCUT2D eigenvalue weighted by Gasteiger charge is -2.37. The summed E-state index contributed by atoms with van der Waals surface area (Å²) in [6, 6.07) is 14.1. The maximum Gasteiger partial charge on any atom is 0.237 e. The lowest BCUT2D eigenvalue weighted by Crippen LogP contribution is -2.57. The topological polar surface area (TPSA) is 65.5 Å². The summed E-state index contributed by atoms with van der Waals surface area (Å²) >= 11 is 0. The lowest BCUT2D eigenvalue weighted by atomic mass is 9.90. The highest BCUT2D eigenvalue weighted by Crippen LogP contribution is 2.28. The van der Waals surface area contributed by atoms with Gasteiger partial charge >= 0.3 is 0 Å². The maximum atomic E-state index is 13.0. The van der Waals surface area contributed by atoms with Gasteiger partial charge in [-0.1, -0.05) is 30.3 Å². The second-order valence-electron chi connectivity index (χ2n) is 8.22. The van der Waals surface area contributed by atoms with Crippen molar-refractivity contribution < 1.29 is 9.59 Å². The summed E-state index contributed by atoms with van der Waals surface area (Å²) in [5.41, 5.74) is 2.56. The molecule has 2 saturated heterocycles. The van der Waals surface area contributed by atoms with E-state index in [9.17, 15) is 9.59 Å². The number of nitrogens with zero attached hydrogens (tertiary/aromatic N) is 3. The van der Waals surface area contributed by atoms with Crippen LogP contribution in [-0.2, 0) is 16.0 Å². The molecule has 6 nitrogen and oxygen atoms in total. The molecule has 2 fully saturated rings. The van der Waals surface area contributed by atoms with Gasteiger partial charge in [0, 0.05) is 45.1 Å². The highest BCUT2D eigenvalue weighted by atomic mass is 16.2. The molecule has 4 rings (SSSR count). The number of amides is 2. The smallest absolute Gasteiger partial charge is 0.237 e. The molecule has 158 valence electrons. The van der Waals surface area contributed by atoms with Gasteiger partial charge in [-0.2, -0.15) is 0 Å². The van der Waals surface area contributed by atoms with Crippen molar-refractivity contribution in [3.63, 3.8) is 0 Å². The van der Waals surface area contributed by atoms with E-state index in [1.165, 1.54) is 11.1 Å². The van der Waals surface area contributed by atoms with E-state index in [0.29, 0.717) is 12.5 Å². The van der Waals surface area contributed by atoms with Crippen molar-refractivity contribution in [1.82, 2.24) is 20.1 Å². The number of piperazine rings is 1. The minimum absolute atomic E-state index is 0.0191. The molecule has 2 amide bonds. The van der Waals surface area contributed by atoms with Crippen LogP contribution in [0.3, 0.4) is 0 Å². The fourth-order valence-corrected chi connectivity index (χ4v) is 4.56. The van der Waals surface area contributed by atoms with E-state index >= 15 is 0 Å². The number of likely N-dealkylation sites (tertiary alicyclic amines) is 1. The molecule has 0 radical (unpaired) electrons. The molecule has 3 heterocycles. The minimum atomic E-state index is -0.368. The van der Waals surface area contributed by atoms with Gasteiger partial charge in [-0.25, -0.2) is 0 Å². The number of piperidine rings is 1. The van der Waals surface area contributed by atoms with Crippen LogP contribution >= 0.6 is 0 Å². The third kappa shape index (κ3) is 5.05. The third-order valence-electron chi connectivity index (χ3n) is 6.37. The van der Waals surface area contributed by atoms with Gasteiger partial charge in [-0.3, -0.25) is 19.5 Å². The Hall–Kier alpha value is -2.73. The molecule has 1 N–H and O–H groups in total. The fraction of sp³-hybridized carbons (Fsp3) is 0.458. The summed E-state index contributed by atoms with van der Waals surface area (Å²) in [6.07, 6.45) is 6.74. The van der Waals surface area contributed by atoms with Crippen LogP contribution in [0.1, 0.15) is 36.3 Å². The second kappa shape index (κ2) is 9.85. The van der Waals surface area contributed by atoms with Crippen molar-refractivity contribution in [3.8, 4) is 0 Å². The molecule has 2 aromatic rings. The van der Waals surface area contributed by atoms with Crippen molar-refractivity contribution in [3.05, 3.63) is 66.0 Å². The first-order valence-corrected chi connectivity index (χ1v) is 10.9. The number of hydrogen-bond donors (Lipinski definition) is 1. The van der Waals surface area contributed by atoms with Crippen LogP contribution in [0.2, 0.25) is 0 Å². The molecular weight excluding hydrogens is 376 g/mol. The van der Waals surface area contributed by atoms with Crippen LogP contribution in [0.15, 0.2) is 54.9 Å². The number of nitrogens with one attached hydrogen (secondary N) is 1. The van der Waals surface area contributed by atoms with E-state index in [1.54, 1.807) is 0 Å². The van der Waals surface area contributed by atoms with Crippen LogP contribution < -0.4 is 5.32 Å². The molecule has 0 saturated carbocycles. The minimum Gasteiger partial charge on any atom is -0.353 e. The molecule has 0 spiro atoms. The Morgan fingerprint density at radius 2 is 1.77 bits per heavy atom. The Labute approximate surface area is 178 Å². The quantitative estimate of drug-likeness (QED) is 0.799. The highest BCUT2D eigenvalue weighted by molar-refractivity contribution is 5.88. The maximum absolute atomic E-state index is 13.0. The predicted molar refractivity (Wildman–Crippen MR) is 116 cm³/mol. The first kappa shape index (κ1) is 20.5. The zero-order chi connectivity index (χ0) is 20.8. The molecule has 1 atom stereocenters. The van der Waals surface area contributed by atoms with Crippen molar-refractivity contribution in [2.75, 3.05) is 32.7 Å². The number of benzene rings is 1. The first-order valence-electron chi connectivity index (χ1n) is 10.9. The Morgan fingerprint density at radius 1 is 1.03 bits per heavy atom. The molecule has 2 aliphatic rings. The normalized spacial score (nSPS) is 20.7. The number of carbonyl (C=O) groups is 2. The van der Waals surface area contributed by atoms with Gasteiger partial charge in [0.25, 0.3) is 0 Å². The average Bonchev–Trinajstić information content (AvgIpc) is 2.81. The van der Waals surface area contributed by atoms with E-state index in [-0.39, 0.29) is 24.3 Å². The molecule has 30 heavy (non-hydrogen) atoms. The van der Waals surface area contributed by atoms with Crippen molar-refractivity contribution in [2.24, 2.45) is 0 Å². The molecule has 6 heteroatoms. The Kier molecular flexibility index (Phi) is 6.74. The Balaban J connectivity index is 1.32. The molecule has 0 aliphatic carbocycles. The monoisotopic (exact) mass is 406 g/mol. The molecule has 0 unspecified atom stereocenters. The second-order valence-corrected chi connectivity index (χ2v) is 8.22. The van der Waals surface area contributed by atoms with Crippen LogP contribution in [0.5, 0.6) is 0 Å². The van der Waals surface area contributed by atoms with E-state index < -0.39 is 0 Å². The van der Waals surface area contributed by atoms with Crippen LogP contribution in [-0.4, -0.2) is 65.4 Å². The summed E-state index contributed by atoms with van der Waals surface area (Å²) in [5.74, 6) is 0.557. The summed E-state index contributed by atoms with van der Waals surface area (Å²) < 4.78 is 0. The van der Waals surface area contributed by atoms with Gasteiger partial charge in [0.2, 0.25) is 11.8 Å². The number of rotatable bonds is 6. The number of hydrogen-bond acceptors (Lipinski definition) is 4. The van der Waals surface area contributed by atoms with E-state index in [1.807, 2.05) is 35.5 Å². The highest BCUT2D eigenvalue weighted by Gasteiger charge is 2.33. The summed E-state index contributed by atoms with van der Waals surface area (Å²) in [7, 11) is 0. The average molecular weight is 407 g/mol. The van der Waals surface area contributed by atoms with E-state index in [4.69, 9.17) is 0 Å². The van der Waals surface area contributed by atoms with E-state index in [2.05, 4.69) is 39.5 Å². The van der Waals surface area contributed by atoms with E-state index in [0.717, 1.165) is 45.4 Å². The van der Waals surface area contributed by atoms with Crippen LogP contribution in [0.25, 0.3) is 0 Å². The van der Waals surface area contributed by atoms with Crippen molar-refractivity contribution >= 4 is 11.8 Å². The Bertz CT molecular complexity index is 835. The zero-order valence-electron chi connectivity index (χ0n) is 17.4. The number of pyridine rings is 1. The lowest BCUT2D eigenvalue weighted by molar-refractivity contribution is -0.139. The van der Waals surface area contributed by atoms with Crippen molar-refractivity contribution in [1.29, 1.82) is 0 Å². The van der Waals surface area contributed by atoms with Gasteiger partial charge < -0.3 is 10.2 Å². The van der Waals surface area contributed by atoms with Gasteiger partial charge in [0.15, 0.2) is 0 Å².